The second-order valence-electron chi connectivity index (χ2n) is 4.16. The maximum Gasteiger partial charge on any atom is 0.263 e. The van der Waals surface area contributed by atoms with Gasteiger partial charge in [0, 0.05) is 12.7 Å². The second-order valence-corrected chi connectivity index (χ2v) is 4.16. The van der Waals surface area contributed by atoms with Gasteiger partial charge < -0.3 is 4.90 Å². The van der Waals surface area contributed by atoms with Crippen molar-refractivity contribution >= 4 is 11.6 Å². The molecule has 0 saturated heterocycles. The van der Waals surface area contributed by atoms with Crippen molar-refractivity contribution in [2.75, 3.05) is 11.4 Å². The van der Waals surface area contributed by atoms with Crippen molar-refractivity contribution in [1.82, 2.24) is 4.98 Å². The van der Waals surface area contributed by atoms with Gasteiger partial charge in [0.25, 0.3) is 5.91 Å². The molecule has 0 spiro atoms. The Bertz CT molecular complexity index is 697. The van der Waals surface area contributed by atoms with E-state index >= 15 is 0 Å². The topological polar surface area (TPSA) is 57.0 Å². The highest BCUT2D eigenvalue weighted by Crippen LogP contribution is 2.21. The minimum atomic E-state index is -0.930. The Balaban J connectivity index is 2.42. The molecule has 0 aliphatic carbocycles. The van der Waals surface area contributed by atoms with E-state index in [1.165, 1.54) is 36.5 Å². The molecule has 0 fully saturated rings. The molecule has 1 aromatic carbocycles. The Morgan fingerprint density at radius 2 is 2.00 bits per heavy atom. The van der Waals surface area contributed by atoms with Gasteiger partial charge in [0.2, 0.25) is 5.95 Å². The third-order valence-electron chi connectivity index (χ3n) is 2.83. The van der Waals surface area contributed by atoms with Crippen LogP contribution >= 0.6 is 0 Å². The Hall–Kier alpha value is -2.81. The number of hydrogen-bond acceptors (Lipinski definition) is 3. The Labute approximate surface area is 120 Å². The summed E-state index contributed by atoms with van der Waals surface area (Å²) in [5.74, 6) is -2.28. The zero-order valence-corrected chi connectivity index (χ0v) is 11.0. The Morgan fingerprint density at radius 1 is 1.24 bits per heavy atom. The molecule has 1 aromatic heterocycles. The van der Waals surface area contributed by atoms with Crippen LogP contribution in [0.15, 0.2) is 42.6 Å². The molecular formula is C15H11F2N3O. The van der Waals surface area contributed by atoms with Gasteiger partial charge >= 0.3 is 0 Å². The smallest absolute Gasteiger partial charge is 0.263 e. The van der Waals surface area contributed by atoms with Crippen molar-refractivity contribution in [2.24, 2.45) is 0 Å². The summed E-state index contributed by atoms with van der Waals surface area (Å²) in [5, 5.41) is 8.67. The van der Waals surface area contributed by atoms with Crippen LogP contribution in [0.4, 0.5) is 14.5 Å². The Morgan fingerprint density at radius 3 is 2.67 bits per heavy atom. The van der Waals surface area contributed by atoms with E-state index in [2.05, 4.69) is 4.98 Å². The van der Waals surface area contributed by atoms with Crippen LogP contribution in [0.5, 0.6) is 0 Å². The summed E-state index contributed by atoms with van der Waals surface area (Å²) in [6.07, 6.45) is 1.22. The van der Waals surface area contributed by atoms with Gasteiger partial charge in [-0.1, -0.05) is 12.1 Å². The number of carbonyl (C=O) groups is 1. The Kier molecular flexibility index (Phi) is 4.57. The van der Waals surface area contributed by atoms with Crippen molar-refractivity contribution in [3.63, 3.8) is 0 Å². The number of amides is 1. The first-order valence-electron chi connectivity index (χ1n) is 6.19. The van der Waals surface area contributed by atoms with Gasteiger partial charge in [0.1, 0.15) is 5.82 Å². The molecule has 21 heavy (non-hydrogen) atoms. The molecule has 0 aliphatic heterocycles. The summed E-state index contributed by atoms with van der Waals surface area (Å²) in [5.41, 5.74) is -0.264. The number of nitriles is 1. The van der Waals surface area contributed by atoms with Gasteiger partial charge in [-0.3, -0.25) is 4.79 Å². The summed E-state index contributed by atoms with van der Waals surface area (Å²) < 4.78 is 27.5. The van der Waals surface area contributed by atoms with Crippen LogP contribution in [-0.2, 0) is 0 Å². The van der Waals surface area contributed by atoms with E-state index in [0.717, 1.165) is 4.90 Å². The van der Waals surface area contributed by atoms with E-state index in [4.69, 9.17) is 5.26 Å². The summed E-state index contributed by atoms with van der Waals surface area (Å²) >= 11 is 0. The lowest BCUT2D eigenvalue weighted by atomic mass is 10.2. The number of anilines is 1. The standard InChI is InChI=1S/C15H11F2N3O/c16-12-6-1-2-7-13(12)20(10-4-8-18)15(21)11-5-3-9-19-14(11)17/h1-3,5-7,9H,4,10H2. The molecular weight excluding hydrogens is 276 g/mol. The molecule has 4 nitrogen and oxygen atoms in total. The van der Waals surface area contributed by atoms with Crippen molar-refractivity contribution in [1.29, 1.82) is 5.26 Å². The van der Waals surface area contributed by atoms with Gasteiger partial charge in [-0.25, -0.2) is 9.37 Å². The van der Waals surface area contributed by atoms with Gasteiger partial charge in [-0.2, -0.15) is 9.65 Å². The van der Waals surface area contributed by atoms with E-state index in [1.807, 2.05) is 6.07 Å². The predicted molar refractivity (Wildman–Crippen MR) is 72.5 cm³/mol. The molecule has 0 unspecified atom stereocenters. The summed E-state index contributed by atoms with van der Waals surface area (Å²) in [6.45, 7) is -0.0371. The summed E-state index contributed by atoms with van der Waals surface area (Å²) in [6, 6.07) is 10.2. The fourth-order valence-corrected chi connectivity index (χ4v) is 1.85. The van der Waals surface area contributed by atoms with E-state index in [1.54, 1.807) is 6.07 Å². The average Bonchev–Trinajstić information content (AvgIpc) is 2.49. The zero-order chi connectivity index (χ0) is 15.2. The molecule has 1 heterocycles. The third kappa shape index (κ3) is 3.20. The molecule has 0 saturated carbocycles. The molecule has 2 rings (SSSR count). The largest absolute Gasteiger partial charge is 0.304 e. The van der Waals surface area contributed by atoms with Gasteiger partial charge in [-0.05, 0) is 24.3 Å². The molecule has 0 atom stereocenters. The molecule has 0 bridgehead atoms. The SMILES string of the molecule is N#CCCN(C(=O)c1cccnc1F)c1ccccc1F. The number of nitrogens with zero attached hydrogens (tertiary/aromatic N) is 3. The van der Waals surface area contributed by atoms with Gasteiger partial charge in [0.05, 0.1) is 23.7 Å². The third-order valence-corrected chi connectivity index (χ3v) is 2.83. The number of hydrogen-bond donors (Lipinski definition) is 0. The van der Waals surface area contributed by atoms with E-state index in [9.17, 15) is 13.6 Å². The van der Waals surface area contributed by atoms with Crippen molar-refractivity contribution in [3.8, 4) is 6.07 Å². The van der Waals surface area contributed by atoms with E-state index < -0.39 is 17.7 Å². The number of rotatable bonds is 4. The maximum atomic E-state index is 13.9. The van der Waals surface area contributed by atoms with Gasteiger partial charge in [-0.15, -0.1) is 0 Å². The number of halogens is 2. The van der Waals surface area contributed by atoms with Crippen molar-refractivity contribution < 1.29 is 13.6 Å². The number of para-hydroxylation sites is 1. The number of benzene rings is 1. The number of pyridine rings is 1. The van der Waals surface area contributed by atoms with E-state index in [-0.39, 0.29) is 24.2 Å². The quantitative estimate of drug-likeness (QED) is 0.812. The van der Waals surface area contributed by atoms with Crippen LogP contribution in [0.25, 0.3) is 0 Å². The minimum absolute atomic E-state index is 0.000929. The molecule has 0 aliphatic rings. The highest BCUT2D eigenvalue weighted by atomic mass is 19.1. The highest BCUT2D eigenvalue weighted by Gasteiger charge is 2.23. The fraction of sp³-hybridized carbons (Fsp3) is 0.133. The van der Waals surface area contributed by atoms with Crippen molar-refractivity contribution in [3.05, 3.63) is 59.9 Å². The molecule has 1 amide bonds. The lowest BCUT2D eigenvalue weighted by molar-refractivity contribution is 0.0982. The fourth-order valence-electron chi connectivity index (χ4n) is 1.85. The zero-order valence-electron chi connectivity index (χ0n) is 11.0. The number of carbonyl (C=O) groups excluding carboxylic acids is 1. The minimum Gasteiger partial charge on any atom is -0.304 e. The summed E-state index contributed by atoms with van der Waals surface area (Å²) in [4.78, 5) is 16.8. The first-order valence-corrected chi connectivity index (χ1v) is 6.19. The monoisotopic (exact) mass is 287 g/mol. The second kappa shape index (κ2) is 6.57. The maximum absolute atomic E-state index is 13.9. The summed E-state index contributed by atoms with van der Waals surface area (Å²) in [7, 11) is 0. The van der Waals surface area contributed by atoms with Gasteiger partial charge in [0.15, 0.2) is 0 Å². The first kappa shape index (κ1) is 14.6. The normalized spacial score (nSPS) is 9.95. The predicted octanol–water partition coefficient (Wildman–Crippen LogP) is 2.92. The molecule has 0 radical (unpaired) electrons. The van der Waals surface area contributed by atoms with Crippen LogP contribution in [-0.4, -0.2) is 17.4 Å². The van der Waals surface area contributed by atoms with Crippen LogP contribution < -0.4 is 4.90 Å². The lowest BCUT2D eigenvalue weighted by Crippen LogP contribution is -2.33. The first-order chi connectivity index (χ1) is 10.1. The lowest BCUT2D eigenvalue weighted by Gasteiger charge is -2.22. The average molecular weight is 287 g/mol. The molecule has 0 N–H and O–H groups in total. The molecule has 6 heteroatoms. The number of aromatic nitrogens is 1. The van der Waals surface area contributed by atoms with Crippen LogP contribution in [0, 0.1) is 23.1 Å². The molecule has 106 valence electrons. The molecule has 2 aromatic rings. The van der Waals surface area contributed by atoms with Crippen LogP contribution in [0.1, 0.15) is 16.8 Å². The van der Waals surface area contributed by atoms with Crippen LogP contribution in [0.3, 0.4) is 0 Å². The van der Waals surface area contributed by atoms with Crippen LogP contribution in [0.2, 0.25) is 0 Å². The highest BCUT2D eigenvalue weighted by molar-refractivity contribution is 6.06. The van der Waals surface area contributed by atoms with Crippen molar-refractivity contribution in [2.45, 2.75) is 6.42 Å². The van der Waals surface area contributed by atoms with E-state index in [0.29, 0.717) is 0 Å².